The van der Waals surface area contributed by atoms with Crippen molar-refractivity contribution in [2.45, 2.75) is 0 Å². The van der Waals surface area contributed by atoms with Gasteiger partial charge in [-0.15, -0.1) is 0 Å². The van der Waals surface area contributed by atoms with Crippen LogP contribution in [0.2, 0.25) is 0 Å². The van der Waals surface area contributed by atoms with Crippen molar-refractivity contribution < 1.29 is 0 Å². The van der Waals surface area contributed by atoms with Crippen LogP contribution < -0.4 is 5.49 Å². The number of nitrogens with one attached hydrogen (secondary N) is 1. The van der Waals surface area contributed by atoms with E-state index in [0.717, 1.165) is 28.3 Å². The summed E-state index contributed by atoms with van der Waals surface area (Å²) < 4.78 is 1.88. The summed E-state index contributed by atoms with van der Waals surface area (Å²) in [7, 11) is 0. The van der Waals surface area contributed by atoms with E-state index < -0.39 is 0 Å². The van der Waals surface area contributed by atoms with Gasteiger partial charge in [0.2, 0.25) is 0 Å². The fraction of sp³-hybridized carbons (Fsp3) is 0. The topological polar surface area (TPSA) is 41.7 Å². The number of nitrogens with zero attached hydrogens (tertiary/aromatic N) is 2. The van der Waals surface area contributed by atoms with Crippen molar-refractivity contribution >= 4 is 0 Å². The van der Waals surface area contributed by atoms with Crippen LogP contribution in [0.5, 0.6) is 0 Å². The smallest absolute Gasteiger partial charge is 0.146 e. The van der Waals surface area contributed by atoms with Crippen molar-refractivity contribution in [1.29, 1.82) is 5.41 Å². The lowest BCUT2D eigenvalue weighted by atomic mass is 10.1. The third-order valence-corrected chi connectivity index (χ3v) is 4.07. The maximum absolute atomic E-state index is 8.61. The highest BCUT2D eigenvalue weighted by Gasteiger charge is 2.11. The van der Waals surface area contributed by atoms with Crippen LogP contribution in [0.3, 0.4) is 0 Å². The van der Waals surface area contributed by atoms with Crippen molar-refractivity contribution in [3.8, 4) is 28.3 Å². The molecule has 3 nitrogen and oxygen atoms in total. The first-order chi connectivity index (χ1) is 12.3. The van der Waals surface area contributed by atoms with Gasteiger partial charge in [-0.2, -0.15) is 0 Å². The third-order valence-electron chi connectivity index (χ3n) is 4.07. The first-order valence-corrected chi connectivity index (χ1v) is 8.18. The van der Waals surface area contributed by atoms with Crippen molar-refractivity contribution in [2.24, 2.45) is 0 Å². The summed E-state index contributed by atoms with van der Waals surface area (Å²) in [5.41, 5.74) is 4.13. The summed E-state index contributed by atoms with van der Waals surface area (Å²) >= 11 is 0. The average Bonchev–Trinajstić information content (AvgIpc) is 2.69. The van der Waals surface area contributed by atoms with Crippen LogP contribution in [-0.4, -0.2) is 9.55 Å². The minimum atomic E-state index is 0.402. The molecule has 120 valence electrons. The largest absolute Gasteiger partial charge is 0.284 e. The van der Waals surface area contributed by atoms with Crippen LogP contribution in [0, 0.1) is 5.41 Å². The molecule has 0 bridgehead atoms. The Hall–Kier alpha value is -3.46. The normalized spacial score (nSPS) is 10.6. The molecule has 0 unspecified atom stereocenters. The summed E-state index contributed by atoms with van der Waals surface area (Å²) in [5.74, 6) is 0.762. The van der Waals surface area contributed by atoms with Crippen molar-refractivity contribution in [1.82, 2.24) is 9.55 Å². The monoisotopic (exact) mass is 323 g/mol. The third kappa shape index (κ3) is 3.00. The quantitative estimate of drug-likeness (QED) is 0.584. The Balaban J connectivity index is 2.01. The van der Waals surface area contributed by atoms with Crippen LogP contribution in [0.25, 0.3) is 28.3 Å². The zero-order valence-corrected chi connectivity index (χ0v) is 13.6. The summed E-state index contributed by atoms with van der Waals surface area (Å²) in [6.07, 6.45) is 0. The Kier molecular flexibility index (Phi) is 3.97. The van der Waals surface area contributed by atoms with E-state index in [1.807, 2.05) is 102 Å². The molecular weight excluding hydrogens is 306 g/mol. The highest BCUT2D eigenvalue weighted by molar-refractivity contribution is 5.65. The van der Waals surface area contributed by atoms with Crippen LogP contribution >= 0.6 is 0 Å². The van der Waals surface area contributed by atoms with Crippen LogP contribution in [0.1, 0.15) is 0 Å². The number of hydrogen-bond donors (Lipinski definition) is 1. The predicted molar refractivity (Wildman–Crippen MR) is 100 cm³/mol. The average molecular weight is 323 g/mol. The van der Waals surface area contributed by atoms with Crippen molar-refractivity contribution in [3.63, 3.8) is 0 Å². The lowest BCUT2D eigenvalue weighted by molar-refractivity contribution is 0.899. The molecule has 3 heteroatoms. The van der Waals surface area contributed by atoms with Gasteiger partial charge in [-0.25, -0.2) is 4.98 Å². The molecule has 0 radical (unpaired) electrons. The molecule has 0 saturated carbocycles. The van der Waals surface area contributed by atoms with E-state index >= 15 is 0 Å². The van der Waals surface area contributed by atoms with Crippen molar-refractivity contribution in [3.05, 3.63) is 103 Å². The van der Waals surface area contributed by atoms with Crippen LogP contribution in [0.4, 0.5) is 0 Å². The fourth-order valence-corrected chi connectivity index (χ4v) is 2.88. The summed E-state index contributed by atoms with van der Waals surface area (Å²) in [5, 5.41) is 8.61. The highest BCUT2D eigenvalue weighted by atomic mass is 15.1. The minimum Gasteiger partial charge on any atom is -0.284 e. The Labute approximate surface area is 146 Å². The predicted octanol–water partition coefficient (Wildman–Crippen LogP) is 4.69. The Bertz CT molecular complexity index is 1040. The van der Waals surface area contributed by atoms with E-state index in [4.69, 9.17) is 10.4 Å². The van der Waals surface area contributed by atoms with Crippen LogP contribution in [0.15, 0.2) is 97.1 Å². The first kappa shape index (κ1) is 15.1. The lowest BCUT2D eigenvalue weighted by Gasteiger charge is -2.15. The second-order valence-electron chi connectivity index (χ2n) is 5.75. The van der Waals surface area contributed by atoms with Crippen molar-refractivity contribution in [2.75, 3.05) is 0 Å². The molecule has 4 rings (SSSR count). The number of benzene rings is 3. The molecule has 0 aliphatic rings. The number of hydrogen-bond acceptors (Lipinski definition) is 2. The Morgan fingerprint density at radius 2 is 1.16 bits per heavy atom. The Morgan fingerprint density at radius 1 is 0.640 bits per heavy atom. The van der Waals surface area contributed by atoms with Gasteiger partial charge in [-0.3, -0.25) is 9.98 Å². The highest BCUT2D eigenvalue weighted by Crippen LogP contribution is 2.23. The summed E-state index contributed by atoms with van der Waals surface area (Å²) in [6.45, 7) is 0. The molecule has 3 aromatic carbocycles. The molecule has 1 heterocycles. The van der Waals surface area contributed by atoms with E-state index in [9.17, 15) is 0 Å². The molecule has 0 spiro atoms. The summed E-state index contributed by atoms with van der Waals surface area (Å²) in [6, 6.07) is 31.7. The molecule has 0 aliphatic heterocycles. The lowest BCUT2D eigenvalue weighted by Crippen LogP contribution is -2.21. The fourth-order valence-electron chi connectivity index (χ4n) is 2.88. The van der Waals surface area contributed by atoms with Gasteiger partial charge in [-0.05, 0) is 12.1 Å². The van der Waals surface area contributed by atoms with E-state index in [2.05, 4.69) is 0 Å². The van der Waals surface area contributed by atoms with Gasteiger partial charge in [0.15, 0.2) is 0 Å². The summed E-state index contributed by atoms with van der Waals surface area (Å²) in [4.78, 5) is 4.89. The Morgan fingerprint density at radius 3 is 1.76 bits per heavy atom. The second kappa shape index (κ2) is 6.57. The van der Waals surface area contributed by atoms with Crippen LogP contribution in [-0.2, 0) is 0 Å². The maximum Gasteiger partial charge on any atom is 0.146 e. The van der Waals surface area contributed by atoms with Gasteiger partial charge >= 0.3 is 0 Å². The molecule has 1 N–H and O–H groups in total. The number of rotatable bonds is 3. The molecule has 0 fully saturated rings. The van der Waals surface area contributed by atoms with Gasteiger partial charge in [0, 0.05) is 22.9 Å². The first-order valence-electron chi connectivity index (χ1n) is 8.18. The molecule has 0 amide bonds. The molecule has 4 aromatic rings. The molecule has 0 aliphatic carbocycles. The molecule has 0 atom stereocenters. The van der Waals surface area contributed by atoms with Gasteiger partial charge in [0.05, 0.1) is 5.69 Å². The SMILES string of the molecule is N=c1cc(-c2ccccc2)nc(-c2ccccc2)n1-c1ccccc1. The van der Waals surface area contributed by atoms with Gasteiger partial charge in [-0.1, -0.05) is 78.9 Å². The van der Waals surface area contributed by atoms with E-state index in [1.165, 1.54) is 0 Å². The van der Waals surface area contributed by atoms with E-state index in [1.54, 1.807) is 0 Å². The van der Waals surface area contributed by atoms with E-state index in [-0.39, 0.29) is 0 Å². The molecular formula is C22H17N3. The maximum atomic E-state index is 8.61. The molecule has 0 saturated heterocycles. The van der Waals surface area contributed by atoms with Gasteiger partial charge < -0.3 is 0 Å². The molecule has 25 heavy (non-hydrogen) atoms. The van der Waals surface area contributed by atoms with Gasteiger partial charge in [0.25, 0.3) is 0 Å². The standard InChI is InChI=1S/C22H17N3/c23-21-16-20(17-10-4-1-5-11-17)24-22(18-12-6-2-7-13-18)25(21)19-14-8-3-9-15-19/h1-16,23H. The number of para-hydroxylation sites is 1. The zero-order chi connectivity index (χ0) is 17.1. The minimum absolute atomic E-state index is 0.402. The number of aromatic nitrogens is 2. The zero-order valence-electron chi connectivity index (χ0n) is 13.6. The second-order valence-corrected chi connectivity index (χ2v) is 5.75. The molecule has 1 aromatic heterocycles. The van der Waals surface area contributed by atoms with Gasteiger partial charge in [0.1, 0.15) is 11.3 Å². The van der Waals surface area contributed by atoms with E-state index in [0.29, 0.717) is 5.49 Å².